The molecule has 3 rings (SSSR count). The first kappa shape index (κ1) is 13.8. The van der Waals surface area contributed by atoms with Crippen LogP contribution >= 0.6 is 0 Å². The Bertz CT molecular complexity index is 725. The highest BCUT2D eigenvalue weighted by molar-refractivity contribution is 5.77. The molecule has 0 bridgehead atoms. The van der Waals surface area contributed by atoms with Crippen molar-refractivity contribution >= 4 is 17.0 Å². The number of likely N-dealkylation sites (tertiary alicyclic amines) is 1. The zero-order chi connectivity index (χ0) is 15.0. The summed E-state index contributed by atoms with van der Waals surface area (Å²) < 4.78 is 3.04. The van der Waals surface area contributed by atoms with Crippen molar-refractivity contribution in [1.29, 1.82) is 0 Å². The first-order chi connectivity index (χ1) is 10.1. The Morgan fingerprint density at radius 3 is 2.76 bits per heavy atom. The lowest BCUT2D eigenvalue weighted by Gasteiger charge is -2.29. The molecule has 2 aromatic heterocycles. The lowest BCUT2D eigenvalue weighted by atomic mass is 10.1. The largest absolute Gasteiger partial charge is 0.480 e. The molecule has 112 valence electrons. The molecule has 7 heteroatoms. The first-order valence-electron chi connectivity index (χ1n) is 7.03. The van der Waals surface area contributed by atoms with E-state index >= 15 is 0 Å². The fourth-order valence-corrected chi connectivity index (χ4v) is 3.02. The molecule has 1 N–H and O–H groups in total. The number of carboxylic acids is 1. The van der Waals surface area contributed by atoms with Crippen molar-refractivity contribution in [3.05, 3.63) is 28.9 Å². The van der Waals surface area contributed by atoms with Crippen LogP contribution in [0.4, 0.5) is 0 Å². The lowest BCUT2D eigenvalue weighted by molar-refractivity contribution is -0.137. The number of pyridine rings is 1. The summed E-state index contributed by atoms with van der Waals surface area (Å²) in [7, 11) is 2.07. The van der Waals surface area contributed by atoms with Gasteiger partial charge < -0.3 is 10.0 Å². The Morgan fingerprint density at radius 2 is 2.10 bits per heavy atom. The van der Waals surface area contributed by atoms with E-state index in [9.17, 15) is 9.59 Å². The average Bonchev–Trinajstić information content (AvgIpc) is 2.73. The van der Waals surface area contributed by atoms with Crippen LogP contribution in [-0.2, 0) is 11.3 Å². The van der Waals surface area contributed by atoms with Gasteiger partial charge in [-0.25, -0.2) is 4.79 Å². The normalized spacial score (nSPS) is 17.4. The fraction of sp³-hybridized carbons (Fsp3) is 0.500. The monoisotopic (exact) mass is 290 g/mol. The zero-order valence-electron chi connectivity index (χ0n) is 11.9. The maximum absolute atomic E-state index is 12.6. The van der Waals surface area contributed by atoms with Crippen molar-refractivity contribution in [3.8, 4) is 0 Å². The van der Waals surface area contributed by atoms with Crippen LogP contribution < -0.4 is 5.69 Å². The fourth-order valence-electron chi connectivity index (χ4n) is 3.02. The van der Waals surface area contributed by atoms with E-state index in [0.717, 1.165) is 31.4 Å². The SMILES string of the molecule is CN1CCC(n2c(=O)n(CC(=O)O)c3cnccc32)CC1. The summed E-state index contributed by atoms with van der Waals surface area (Å²) in [5.41, 5.74) is 1.10. The van der Waals surface area contributed by atoms with Crippen LogP contribution in [0.1, 0.15) is 18.9 Å². The van der Waals surface area contributed by atoms with E-state index in [4.69, 9.17) is 5.11 Å². The summed E-state index contributed by atoms with van der Waals surface area (Å²) in [6.45, 7) is 1.54. The molecule has 0 saturated carbocycles. The van der Waals surface area contributed by atoms with Crippen molar-refractivity contribution in [2.45, 2.75) is 25.4 Å². The molecule has 0 atom stereocenters. The maximum Gasteiger partial charge on any atom is 0.329 e. The number of imidazole rings is 1. The first-order valence-corrected chi connectivity index (χ1v) is 7.03. The third kappa shape index (κ3) is 2.44. The van der Waals surface area contributed by atoms with Crippen LogP contribution in [0.5, 0.6) is 0 Å². The summed E-state index contributed by atoms with van der Waals surface area (Å²) in [6, 6.07) is 1.90. The Kier molecular flexibility index (Phi) is 3.50. The van der Waals surface area contributed by atoms with Gasteiger partial charge in [-0.05, 0) is 39.0 Å². The molecule has 1 saturated heterocycles. The average molecular weight is 290 g/mol. The summed E-state index contributed by atoms with van der Waals surface area (Å²) in [5, 5.41) is 9.01. The Balaban J connectivity index is 2.12. The van der Waals surface area contributed by atoms with Gasteiger partial charge in [0.15, 0.2) is 0 Å². The predicted octanol–water partition coefficient (Wildman–Crippen LogP) is 0.549. The molecule has 0 radical (unpaired) electrons. The molecule has 1 aliphatic heterocycles. The maximum atomic E-state index is 12.6. The lowest BCUT2D eigenvalue weighted by Crippen LogP contribution is -2.36. The van der Waals surface area contributed by atoms with Crippen LogP contribution in [0.2, 0.25) is 0 Å². The number of carbonyl (C=O) groups is 1. The number of fused-ring (bicyclic) bond motifs is 1. The third-order valence-corrected chi connectivity index (χ3v) is 4.11. The highest BCUT2D eigenvalue weighted by Gasteiger charge is 2.24. The number of aliphatic carboxylic acids is 1. The molecule has 0 aromatic carbocycles. The molecule has 3 heterocycles. The Hall–Kier alpha value is -2.15. The summed E-state index contributed by atoms with van der Waals surface area (Å²) >= 11 is 0. The second-order valence-corrected chi connectivity index (χ2v) is 5.53. The van der Waals surface area contributed by atoms with Gasteiger partial charge in [0.05, 0.1) is 17.2 Å². The molecule has 0 spiro atoms. The van der Waals surface area contributed by atoms with Gasteiger partial charge in [0.2, 0.25) is 0 Å². The quantitative estimate of drug-likeness (QED) is 0.893. The van der Waals surface area contributed by atoms with Crippen LogP contribution in [0, 0.1) is 0 Å². The van der Waals surface area contributed by atoms with Gasteiger partial charge in [0.25, 0.3) is 0 Å². The minimum Gasteiger partial charge on any atom is -0.480 e. The van der Waals surface area contributed by atoms with Crippen LogP contribution in [0.15, 0.2) is 23.3 Å². The molecule has 0 unspecified atom stereocenters. The minimum atomic E-state index is -1.02. The van der Waals surface area contributed by atoms with Crippen molar-refractivity contribution in [1.82, 2.24) is 19.0 Å². The molecule has 2 aromatic rings. The van der Waals surface area contributed by atoms with Crippen molar-refractivity contribution in [3.63, 3.8) is 0 Å². The van der Waals surface area contributed by atoms with Gasteiger partial charge in [-0.1, -0.05) is 0 Å². The van der Waals surface area contributed by atoms with Crippen molar-refractivity contribution < 1.29 is 9.90 Å². The van der Waals surface area contributed by atoms with Crippen LogP contribution in [0.3, 0.4) is 0 Å². The van der Waals surface area contributed by atoms with Crippen molar-refractivity contribution in [2.24, 2.45) is 0 Å². The number of hydrogen-bond acceptors (Lipinski definition) is 4. The van der Waals surface area contributed by atoms with Crippen molar-refractivity contribution in [2.75, 3.05) is 20.1 Å². The number of rotatable bonds is 3. The molecule has 1 fully saturated rings. The van der Waals surface area contributed by atoms with E-state index in [1.807, 2.05) is 0 Å². The standard InChI is InChI=1S/C14H18N4O3/c1-16-6-3-10(4-7-16)18-11-2-5-15-8-12(11)17(14(18)21)9-13(19)20/h2,5,8,10H,3-4,6-7,9H2,1H3,(H,19,20). The van der Waals surface area contributed by atoms with Gasteiger partial charge in [-0.2, -0.15) is 0 Å². The number of carboxylic acid groups (broad SMARTS) is 1. The Labute approximate surface area is 121 Å². The van der Waals surface area contributed by atoms with E-state index in [-0.39, 0.29) is 18.3 Å². The highest BCUT2D eigenvalue weighted by Crippen LogP contribution is 2.24. The smallest absolute Gasteiger partial charge is 0.329 e. The van der Waals surface area contributed by atoms with E-state index in [1.54, 1.807) is 23.0 Å². The molecule has 0 amide bonds. The minimum absolute atomic E-state index is 0.119. The van der Waals surface area contributed by atoms with Gasteiger partial charge in [-0.3, -0.25) is 18.9 Å². The van der Waals surface area contributed by atoms with E-state index < -0.39 is 5.97 Å². The van der Waals surface area contributed by atoms with E-state index in [2.05, 4.69) is 16.9 Å². The topological polar surface area (TPSA) is 80.4 Å². The summed E-state index contributed by atoms with van der Waals surface area (Å²) in [4.78, 5) is 29.9. The van der Waals surface area contributed by atoms with Crippen LogP contribution in [-0.4, -0.2) is 50.2 Å². The molecular formula is C14H18N4O3. The predicted molar refractivity (Wildman–Crippen MR) is 77.4 cm³/mol. The van der Waals surface area contributed by atoms with Gasteiger partial charge in [0, 0.05) is 12.2 Å². The number of hydrogen-bond donors (Lipinski definition) is 1. The number of piperidine rings is 1. The second kappa shape index (κ2) is 5.33. The highest BCUT2D eigenvalue weighted by atomic mass is 16.4. The third-order valence-electron chi connectivity index (χ3n) is 4.11. The second-order valence-electron chi connectivity index (χ2n) is 5.53. The number of aromatic nitrogens is 3. The zero-order valence-corrected chi connectivity index (χ0v) is 11.9. The molecule has 7 nitrogen and oxygen atoms in total. The van der Waals surface area contributed by atoms with Gasteiger partial charge in [0.1, 0.15) is 6.54 Å². The molecule has 1 aliphatic rings. The van der Waals surface area contributed by atoms with E-state index in [0.29, 0.717) is 5.52 Å². The summed E-state index contributed by atoms with van der Waals surface area (Å²) in [6.07, 6.45) is 4.99. The molecule has 0 aliphatic carbocycles. The van der Waals surface area contributed by atoms with Gasteiger partial charge >= 0.3 is 11.7 Å². The van der Waals surface area contributed by atoms with E-state index in [1.165, 1.54) is 4.57 Å². The summed E-state index contributed by atoms with van der Waals surface area (Å²) in [5.74, 6) is -1.02. The Morgan fingerprint density at radius 1 is 1.38 bits per heavy atom. The molecule has 21 heavy (non-hydrogen) atoms. The van der Waals surface area contributed by atoms with Crippen LogP contribution in [0.25, 0.3) is 11.0 Å². The molecular weight excluding hydrogens is 272 g/mol. The number of nitrogens with zero attached hydrogens (tertiary/aromatic N) is 4. The van der Waals surface area contributed by atoms with Gasteiger partial charge in [-0.15, -0.1) is 0 Å².